The summed E-state index contributed by atoms with van der Waals surface area (Å²) in [5.74, 6) is 0.725. The Balaban J connectivity index is 2.29. The molecule has 0 aliphatic heterocycles. The van der Waals surface area contributed by atoms with Gasteiger partial charge in [-0.1, -0.05) is 62.2 Å². The highest BCUT2D eigenvalue weighted by molar-refractivity contribution is 6.35. The van der Waals surface area contributed by atoms with E-state index in [4.69, 9.17) is 27.9 Å². The molecule has 0 aliphatic rings. The number of nitrogens with zero attached hydrogens (tertiary/aromatic N) is 1. The number of carbonyl (C=O) groups is 2. The van der Waals surface area contributed by atoms with Crippen LogP contribution in [0.1, 0.15) is 38.3 Å². The molecule has 0 bridgehead atoms. The number of carbonyl (C=O) groups excluding carboxylic acids is 2. The van der Waals surface area contributed by atoms with Gasteiger partial charge in [0, 0.05) is 23.1 Å². The van der Waals surface area contributed by atoms with E-state index < -0.39 is 6.04 Å². The summed E-state index contributed by atoms with van der Waals surface area (Å²) in [4.78, 5) is 27.9. The lowest BCUT2D eigenvalue weighted by atomic mass is 10.1. The molecule has 0 radical (unpaired) electrons. The van der Waals surface area contributed by atoms with Gasteiger partial charge in [0.15, 0.2) is 0 Å². The molecule has 1 unspecified atom stereocenters. The van der Waals surface area contributed by atoms with Crippen LogP contribution in [0.5, 0.6) is 5.75 Å². The van der Waals surface area contributed by atoms with Gasteiger partial charge in [-0.15, -0.1) is 0 Å². The second-order valence-corrected chi connectivity index (χ2v) is 8.69. The highest BCUT2D eigenvalue weighted by Gasteiger charge is 2.29. The molecule has 0 spiro atoms. The highest BCUT2D eigenvalue weighted by Crippen LogP contribution is 2.23. The molecule has 0 aromatic heterocycles. The summed E-state index contributed by atoms with van der Waals surface area (Å²) in [6, 6.07) is 12.0. The minimum Gasteiger partial charge on any atom is -0.497 e. The van der Waals surface area contributed by atoms with Crippen molar-refractivity contribution in [3.05, 3.63) is 63.6 Å². The largest absolute Gasteiger partial charge is 0.497 e. The second-order valence-electron chi connectivity index (χ2n) is 7.85. The fourth-order valence-corrected chi connectivity index (χ4v) is 3.67. The number of halogens is 2. The van der Waals surface area contributed by atoms with Gasteiger partial charge < -0.3 is 15.0 Å². The van der Waals surface area contributed by atoms with E-state index in [0.29, 0.717) is 41.0 Å². The zero-order chi connectivity index (χ0) is 23.0. The standard InChI is InChI=1S/C24H30Cl2N2O3/c1-5-22(24(30)27-14-16(2)3)28(15-17-6-10-20(31-4)11-7-17)23(29)12-18-8-9-19(25)13-21(18)26/h6-11,13,16,22H,5,12,14-15H2,1-4H3,(H,27,30). The van der Waals surface area contributed by atoms with Crippen LogP contribution in [0, 0.1) is 5.92 Å². The number of hydrogen-bond donors (Lipinski definition) is 1. The number of nitrogens with one attached hydrogen (secondary N) is 1. The van der Waals surface area contributed by atoms with Gasteiger partial charge in [-0.2, -0.15) is 0 Å². The molecular weight excluding hydrogens is 435 g/mol. The zero-order valence-corrected chi connectivity index (χ0v) is 20.0. The lowest BCUT2D eigenvalue weighted by Gasteiger charge is -2.31. The molecule has 2 rings (SSSR count). The topological polar surface area (TPSA) is 58.6 Å². The minimum absolute atomic E-state index is 0.0834. The Morgan fingerprint density at radius 2 is 1.77 bits per heavy atom. The van der Waals surface area contributed by atoms with Crippen molar-refractivity contribution in [3.63, 3.8) is 0 Å². The van der Waals surface area contributed by atoms with Crippen molar-refractivity contribution in [3.8, 4) is 5.75 Å². The van der Waals surface area contributed by atoms with Crippen molar-refractivity contribution >= 4 is 35.0 Å². The van der Waals surface area contributed by atoms with Crippen LogP contribution in [0.2, 0.25) is 10.0 Å². The van der Waals surface area contributed by atoms with Gasteiger partial charge >= 0.3 is 0 Å². The molecule has 168 valence electrons. The molecule has 0 saturated carbocycles. The number of benzene rings is 2. The van der Waals surface area contributed by atoms with Crippen LogP contribution >= 0.6 is 23.2 Å². The molecule has 31 heavy (non-hydrogen) atoms. The van der Waals surface area contributed by atoms with E-state index in [-0.39, 0.29) is 18.2 Å². The maximum Gasteiger partial charge on any atom is 0.242 e. The summed E-state index contributed by atoms with van der Waals surface area (Å²) < 4.78 is 5.21. The first-order valence-electron chi connectivity index (χ1n) is 10.4. The van der Waals surface area contributed by atoms with E-state index in [0.717, 1.165) is 11.3 Å². The molecule has 0 heterocycles. The average molecular weight is 465 g/mol. The van der Waals surface area contributed by atoms with E-state index in [9.17, 15) is 9.59 Å². The van der Waals surface area contributed by atoms with Crippen LogP contribution in [0.25, 0.3) is 0 Å². The van der Waals surface area contributed by atoms with Crippen LogP contribution in [0.3, 0.4) is 0 Å². The molecular formula is C24H30Cl2N2O3. The van der Waals surface area contributed by atoms with Crippen molar-refractivity contribution in [2.45, 2.75) is 46.2 Å². The quantitative estimate of drug-likeness (QED) is 0.530. The Bertz CT molecular complexity index is 885. The third-order valence-corrected chi connectivity index (χ3v) is 5.53. The molecule has 5 nitrogen and oxygen atoms in total. The van der Waals surface area contributed by atoms with E-state index in [1.54, 1.807) is 30.2 Å². The zero-order valence-electron chi connectivity index (χ0n) is 18.5. The predicted molar refractivity (Wildman–Crippen MR) is 126 cm³/mol. The van der Waals surface area contributed by atoms with Crippen LogP contribution in [0.15, 0.2) is 42.5 Å². The molecule has 7 heteroatoms. The first-order valence-corrected chi connectivity index (χ1v) is 11.1. The lowest BCUT2D eigenvalue weighted by Crippen LogP contribution is -2.50. The predicted octanol–water partition coefficient (Wildman–Crippen LogP) is 5.12. The Kier molecular flexibility index (Phi) is 9.66. The summed E-state index contributed by atoms with van der Waals surface area (Å²) in [7, 11) is 1.60. The van der Waals surface area contributed by atoms with Gasteiger partial charge in [0.25, 0.3) is 0 Å². The van der Waals surface area contributed by atoms with Gasteiger partial charge in [0.2, 0.25) is 11.8 Å². The third-order valence-electron chi connectivity index (χ3n) is 4.94. The van der Waals surface area contributed by atoms with Gasteiger partial charge in [0.05, 0.1) is 13.5 Å². The molecule has 2 aromatic carbocycles. The van der Waals surface area contributed by atoms with Gasteiger partial charge in [0.1, 0.15) is 11.8 Å². The van der Waals surface area contributed by atoms with Gasteiger partial charge in [-0.3, -0.25) is 9.59 Å². The van der Waals surface area contributed by atoms with Crippen LogP contribution in [-0.2, 0) is 22.6 Å². The van der Waals surface area contributed by atoms with Gasteiger partial charge in [-0.25, -0.2) is 0 Å². The Morgan fingerprint density at radius 3 is 2.32 bits per heavy atom. The Morgan fingerprint density at radius 1 is 1.10 bits per heavy atom. The molecule has 2 amide bonds. The second kappa shape index (κ2) is 12.0. The molecule has 0 saturated heterocycles. The fourth-order valence-electron chi connectivity index (χ4n) is 3.20. The van der Waals surface area contributed by atoms with Crippen molar-refractivity contribution in [2.75, 3.05) is 13.7 Å². The molecule has 2 aromatic rings. The fraction of sp³-hybridized carbons (Fsp3) is 0.417. The van der Waals surface area contributed by atoms with Gasteiger partial charge in [-0.05, 0) is 47.7 Å². The monoisotopic (exact) mass is 464 g/mol. The maximum absolute atomic E-state index is 13.3. The van der Waals surface area contributed by atoms with E-state index in [1.807, 2.05) is 45.0 Å². The van der Waals surface area contributed by atoms with Crippen molar-refractivity contribution < 1.29 is 14.3 Å². The number of ether oxygens (including phenoxy) is 1. The van der Waals surface area contributed by atoms with E-state index in [1.165, 1.54) is 0 Å². The maximum atomic E-state index is 13.3. The van der Waals surface area contributed by atoms with Crippen molar-refractivity contribution in [1.82, 2.24) is 10.2 Å². The lowest BCUT2D eigenvalue weighted by molar-refractivity contribution is -0.141. The molecule has 0 aliphatic carbocycles. The first kappa shape index (κ1) is 25.0. The minimum atomic E-state index is -0.584. The van der Waals surface area contributed by atoms with Crippen LogP contribution in [0.4, 0.5) is 0 Å². The molecule has 1 N–H and O–H groups in total. The highest BCUT2D eigenvalue weighted by atomic mass is 35.5. The van der Waals surface area contributed by atoms with Crippen molar-refractivity contribution in [2.24, 2.45) is 5.92 Å². The van der Waals surface area contributed by atoms with Crippen LogP contribution in [-0.4, -0.2) is 36.4 Å². The normalized spacial score (nSPS) is 11.8. The Labute approximate surface area is 194 Å². The van der Waals surface area contributed by atoms with Crippen LogP contribution < -0.4 is 10.1 Å². The summed E-state index contributed by atoms with van der Waals surface area (Å²) in [6.45, 7) is 6.84. The average Bonchev–Trinajstić information content (AvgIpc) is 2.74. The smallest absolute Gasteiger partial charge is 0.242 e. The van der Waals surface area contributed by atoms with E-state index in [2.05, 4.69) is 5.32 Å². The number of amides is 2. The Hall–Kier alpha value is -2.24. The summed E-state index contributed by atoms with van der Waals surface area (Å²) in [6.07, 6.45) is 0.584. The molecule has 0 fully saturated rings. The summed E-state index contributed by atoms with van der Waals surface area (Å²) in [5, 5.41) is 3.90. The number of rotatable bonds is 10. The summed E-state index contributed by atoms with van der Waals surface area (Å²) in [5.41, 5.74) is 1.58. The SMILES string of the molecule is CCC(C(=O)NCC(C)C)N(Cc1ccc(OC)cc1)C(=O)Cc1ccc(Cl)cc1Cl. The van der Waals surface area contributed by atoms with E-state index >= 15 is 0 Å². The third kappa shape index (κ3) is 7.44. The molecule has 1 atom stereocenters. The first-order chi connectivity index (χ1) is 14.7. The number of hydrogen-bond acceptors (Lipinski definition) is 3. The summed E-state index contributed by atoms with van der Waals surface area (Å²) >= 11 is 12.3. The van der Waals surface area contributed by atoms with Crippen molar-refractivity contribution in [1.29, 1.82) is 0 Å². The number of methoxy groups -OCH3 is 1.